The lowest BCUT2D eigenvalue weighted by atomic mass is 9.89. The molecule has 1 heterocycles. The molecule has 1 saturated carbocycles. The first-order chi connectivity index (χ1) is 10.2. The highest BCUT2D eigenvalue weighted by Crippen LogP contribution is 2.25. The SMILES string of the molecule is CCCNc1ccncc1C(=O)N(C)CC1CCCCC1. The fourth-order valence-electron chi connectivity index (χ4n) is 3.02. The van der Waals surface area contributed by atoms with Crippen molar-refractivity contribution in [3.63, 3.8) is 0 Å². The van der Waals surface area contributed by atoms with Crippen molar-refractivity contribution >= 4 is 11.6 Å². The van der Waals surface area contributed by atoms with Gasteiger partial charge in [-0.3, -0.25) is 9.78 Å². The fourth-order valence-corrected chi connectivity index (χ4v) is 3.02. The van der Waals surface area contributed by atoms with Crippen LogP contribution in [0, 0.1) is 5.92 Å². The Bertz CT molecular complexity index is 455. The Morgan fingerprint density at radius 3 is 2.86 bits per heavy atom. The van der Waals surface area contributed by atoms with Gasteiger partial charge >= 0.3 is 0 Å². The van der Waals surface area contributed by atoms with E-state index in [1.165, 1.54) is 32.1 Å². The van der Waals surface area contributed by atoms with Gasteiger partial charge in [-0.2, -0.15) is 0 Å². The molecule has 1 fully saturated rings. The van der Waals surface area contributed by atoms with Crippen molar-refractivity contribution in [1.29, 1.82) is 0 Å². The molecule has 1 aromatic rings. The molecule has 0 atom stereocenters. The second-order valence-corrected chi connectivity index (χ2v) is 6.04. The minimum absolute atomic E-state index is 0.0762. The number of hydrogen-bond acceptors (Lipinski definition) is 3. The molecule has 0 bridgehead atoms. The predicted molar refractivity (Wildman–Crippen MR) is 86.6 cm³/mol. The summed E-state index contributed by atoms with van der Waals surface area (Å²) in [5.74, 6) is 0.740. The second kappa shape index (κ2) is 8.01. The van der Waals surface area contributed by atoms with Crippen molar-refractivity contribution in [2.75, 3.05) is 25.5 Å². The number of anilines is 1. The molecule has 21 heavy (non-hydrogen) atoms. The third-order valence-electron chi connectivity index (χ3n) is 4.22. The average molecular weight is 289 g/mol. The summed E-state index contributed by atoms with van der Waals surface area (Å²) in [6.07, 6.45) is 10.9. The van der Waals surface area contributed by atoms with Crippen molar-refractivity contribution < 1.29 is 4.79 Å². The van der Waals surface area contributed by atoms with E-state index in [-0.39, 0.29) is 5.91 Å². The number of pyridine rings is 1. The maximum Gasteiger partial charge on any atom is 0.257 e. The molecule has 4 heteroatoms. The number of nitrogens with zero attached hydrogens (tertiary/aromatic N) is 2. The van der Waals surface area contributed by atoms with E-state index in [0.717, 1.165) is 25.2 Å². The zero-order valence-corrected chi connectivity index (χ0v) is 13.3. The van der Waals surface area contributed by atoms with Crippen LogP contribution in [0.5, 0.6) is 0 Å². The molecule has 1 amide bonds. The number of aromatic nitrogens is 1. The molecule has 0 aliphatic heterocycles. The first-order valence-electron chi connectivity index (χ1n) is 8.15. The Labute approximate surface area is 127 Å². The number of carbonyl (C=O) groups is 1. The number of nitrogens with one attached hydrogen (secondary N) is 1. The van der Waals surface area contributed by atoms with E-state index < -0.39 is 0 Å². The second-order valence-electron chi connectivity index (χ2n) is 6.04. The number of hydrogen-bond donors (Lipinski definition) is 1. The lowest BCUT2D eigenvalue weighted by Gasteiger charge is -2.27. The van der Waals surface area contributed by atoms with Crippen LogP contribution in [0.2, 0.25) is 0 Å². The summed E-state index contributed by atoms with van der Waals surface area (Å²) < 4.78 is 0. The van der Waals surface area contributed by atoms with Gasteiger partial charge < -0.3 is 10.2 Å². The minimum Gasteiger partial charge on any atom is -0.384 e. The first-order valence-corrected chi connectivity index (χ1v) is 8.15. The van der Waals surface area contributed by atoms with Crippen molar-refractivity contribution in [3.8, 4) is 0 Å². The monoisotopic (exact) mass is 289 g/mol. The quantitative estimate of drug-likeness (QED) is 0.871. The van der Waals surface area contributed by atoms with Gasteiger partial charge in [0, 0.05) is 32.5 Å². The number of rotatable bonds is 6. The molecule has 0 unspecified atom stereocenters. The van der Waals surface area contributed by atoms with Gasteiger partial charge in [-0.1, -0.05) is 26.2 Å². The Kier molecular flexibility index (Phi) is 6.03. The van der Waals surface area contributed by atoms with Crippen molar-refractivity contribution in [2.45, 2.75) is 45.4 Å². The standard InChI is InChI=1S/C17H27N3O/c1-3-10-19-16-9-11-18-12-15(16)17(21)20(2)13-14-7-5-4-6-8-14/h9,11-12,14H,3-8,10,13H2,1-2H3,(H,18,19). The van der Waals surface area contributed by atoms with Gasteiger partial charge in [0.05, 0.1) is 11.3 Å². The highest BCUT2D eigenvalue weighted by Gasteiger charge is 2.21. The molecule has 1 aliphatic rings. The van der Waals surface area contributed by atoms with Crippen LogP contribution in [-0.2, 0) is 0 Å². The van der Waals surface area contributed by atoms with Crippen LogP contribution in [-0.4, -0.2) is 35.9 Å². The van der Waals surface area contributed by atoms with Crippen LogP contribution >= 0.6 is 0 Å². The molecular weight excluding hydrogens is 262 g/mol. The summed E-state index contributed by atoms with van der Waals surface area (Å²) in [6, 6.07) is 1.89. The molecule has 0 saturated heterocycles. The van der Waals surface area contributed by atoms with Crippen molar-refractivity contribution in [3.05, 3.63) is 24.0 Å². The first kappa shape index (κ1) is 15.8. The van der Waals surface area contributed by atoms with E-state index in [2.05, 4.69) is 17.2 Å². The van der Waals surface area contributed by atoms with Crippen LogP contribution in [0.25, 0.3) is 0 Å². The smallest absolute Gasteiger partial charge is 0.257 e. The zero-order chi connectivity index (χ0) is 15.1. The average Bonchev–Trinajstić information content (AvgIpc) is 2.53. The molecule has 1 aromatic heterocycles. The topological polar surface area (TPSA) is 45.2 Å². The normalized spacial score (nSPS) is 15.7. The van der Waals surface area contributed by atoms with Gasteiger partial charge in [-0.25, -0.2) is 0 Å². The highest BCUT2D eigenvalue weighted by molar-refractivity contribution is 5.99. The van der Waals surface area contributed by atoms with Crippen LogP contribution in [0.4, 0.5) is 5.69 Å². The molecule has 0 radical (unpaired) electrons. The third-order valence-corrected chi connectivity index (χ3v) is 4.22. The maximum absolute atomic E-state index is 12.6. The molecule has 4 nitrogen and oxygen atoms in total. The molecule has 2 rings (SSSR count). The lowest BCUT2D eigenvalue weighted by molar-refractivity contribution is 0.0761. The Morgan fingerprint density at radius 1 is 1.38 bits per heavy atom. The summed E-state index contributed by atoms with van der Waals surface area (Å²) >= 11 is 0. The minimum atomic E-state index is 0.0762. The number of carbonyl (C=O) groups excluding carboxylic acids is 1. The third kappa shape index (κ3) is 4.45. The molecular formula is C17H27N3O. The van der Waals surface area contributed by atoms with E-state index in [1.807, 2.05) is 18.0 Å². The van der Waals surface area contributed by atoms with E-state index in [4.69, 9.17) is 0 Å². The summed E-state index contributed by atoms with van der Waals surface area (Å²) in [7, 11) is 1.91. The molecule has 0 aromatic carbocycles. The predicted octanol–water partition coefficient (Wildman–Crippen LogP) is 3.56. The Hall–Kier alpha value is -1.58. The van der Waals surface area contributed by atoms with Crippen LogP contribution in [0.1, 0.15) is 55.8 Å². The van der Waals surface area contributed by atoms with Gasteiger partial charge in [0.15, 0.2) is 0 Å². The largest absolute Gasteiger partial charge is 0.384 e. The van der Waals surface area contributed by atoms with Gasteiger partial charge in [-0.05, 0) is 31.2 Å². The van der Waals surface area contributed by atoms with E-state index in [1.54, 1.807) is 12.4 Å². The van der Waals surface area contributed by atoms with E-state index in [9.17, 15) is 4.79 Å². The van der Waals surface area contributed by atoms with Gasteiger partial charge in [0.2, 0.25) is 0 Å². The number of amides is 1. The van der Waals surface area contributed by atoms with Crippen LogP contribution in [0.3, 0.4) is 0 Å². The van der Waals surface area contributed by atoms with Crippen LogP contribution in [0.15, 0.2) is 18.5 Å². The Balaban J connectivity index is 2.00. The summed E-state index contributed by atoms with van der Waals surface area (Å²) in [4.78, 5) is 18.6. The molecule has 1 N–H and O–H groups in total. The van der Waals surface area contributed by atoms with E-state index in [0.29, 0.717) is 11.5 Å². The van der Waals surface area contributed by atoms with Crippen molar-refractivity contribution in [2.24, 2.45) is 5.92 Å². The van der Waals surface area contributed by atoms with E-state index >= 15 is 0 Å². The van der Waals surface area contributed by atoms with Gasteiger partial charge in [-0.15, -0.1) is 0 Å². The summed E-state index contributed by atoms with van der Waals surface area (Å²) in [5.41, 5.74) is 1.58. The van der Waals surface area contributed by atoms with Gasteiger partial charge in [0.1, 0.15) is 0 Å². The summed E-state index contributed by atoms with van der Waals surface area (Å²) in [6.45, 7) is 3.85. The molecule has 0 spiro atoms. The van der Waals surface area contributed by atoms with Gasteiger partial charge in [0.25, 0.3) is 5.91 Å². The summed E-state index contributed by atoms with van der Waals surface area (Å²) in [5, 5.41) is 3.31. The van der Waals surface area contributed by atoms with Crippen molar-refractivity contribution in [1.82, 2.24) is 9.88 Å². The zero-order valence-electron chi connectivity index (χ0n) is 13.3. The van der Waals surface area contributed by atoms with Crippen LogP contribution < -0.4 is 5.32 Å². The molecule has 1 aliphatic carbocycles. The lowest BCUT2D eigenvalue weighted by Crippen LogP contribution is -2.33. The fraction of sp³-hybridized carbons (Fsp3) is 0.647. The maximum atomic E-state index is 12.6. The molecule has 116 valence electrons. The Morgan fingerprint density at radius 2 is 2.14 bits per heavy atom. The highest BCUT2D eigenvalue weighted by atomic mass is 16.2.